The number of carbonyl (C=O) groups excluding carboxylic acids is 4. The van der Waals surface area contributed by atoms with E-state index < -0.39 is 41.8 Å². The maximum absolute atomic E-state index is 13.5. The Bertz CT molecular complexity index is 1100. The third-order valence-corrected chi connectivity index (χ3v) is 9.47. The van der Waals surface area contributed by atoms with Gasteiger partial charge in [0.25, 0.3) is 0 Å². The van der Waals surface area contributed by atoms with Crippen molar-refractivity contribution in [3.63, 3.8) is 0 Å². The summed E-state index contributed by atoms with van der Waals surface area (Å²) in [6, 6.07) is -2.96. The predicted molar refractivity (Wildman–Crippen MR) is 186 cm³/mol. The van der Waals surface area contributed by atoms with Crippen LogP contribution in [0.4, 0.5) is 0 Å². The molecule has 0 bridgehead atoms. The summed E-state index contributed by atoms with van der Waals surface area (Å²) in [7, 11) is 0. The van der Waals surface area contributed by atoms with Crippen LogP contribution in [-0.2, 0) is 28.8 Å². The summed E-state index contributed by atoms with van der Waals surface area (Å²) >= 11 is 1.50. The lowest BCUT2D eigenvalue weighted by Crippen LogP contribution is -2.58. The minimum absolute atomic E-state index is 0.146. The Balaban J connectivity index is 2.01. The standard InChI is InChI=1S/C33H59N7O6S/c1-11-33(9,10)46-22(8)28(34)39-45-18-35-24(15-19(2)3)31-36-25(17-47-31)29(42)37-26(20(4)5)30(43)38-27(21(6)7)32(44)40-14-12-13-23(40)16-41/h11,16,19-28,35,39H,1,12-15,17-18,34H2,2-10H3,(H,37,42)(H,38,43). The van der Waals surface area contributed by atoms with Crippen molar-refractivity contribution < 1.29 is 28.8 Å². The number of rotatable bonds is 20. The van der Waals surface area contributed by atoms with E-state index >= 15 is 0 Å². The Hall–Kier alpha value is -2.36. The summed E-state index contributed by atoms with van der Waals surface area (Å²) in [5, 5.41) is 9.90. The molecular formula is C33H59N7O6S. The summed E-state index contributed by atoms with van der Waals surface area (Å²) in [6.07, 6.45) is 3.74. The average Bonchev–Trinajstić information content (AvgIpc) is 3.69. The minimum Gasteiger partial charge on any atom is -0.365 e. The number of nitrogens with zero attached hydrogens (tertiary/aromatic N) is 2. The number of nitrogens with two attached hydrogens (primary N) is 1. The molecule has 2 heterocycles. The highest BCUT2D eigenvalue weighted by Crippen LogP contribution is 2.24. The van der Waals surface area contributed by atoms with Gasteiger partial charge in [0.1, 0.15) is 37.3 Å². The lowest BCUT2D eigenvalue weighted by molar-refractivity contribution is -0.140. The van der Waals surface area contributed by atoms with E-state index in [1.54, 1.807) is 11.0 Å². The second kappa shape index (κ2) is 19.0. The van der Waals surface area contributed by atoms with E-state index in [1.165, 1.54) is 11.8 Å². The first-order valence-electron chi connectivity index (χ1n) is 16.8. The number of hydrogen-bond acceptors (Lipinski definition) is 11. The molecule has 0 radical (unpaired) electrons. The summed E-state index contributed by atoms with van der Waals surface area (Å²) in [4.78, 5) is 63.6. The highest BCUT2D eigenvalue weighted by atomic mass is 32.2. The number of hydroxylamine groups is 1. The molecule has 7 unspecified atom stereocenters. The van der Waals surface area contributed by atoms with E-state index in [-0.39, 0.29) is 42.5 Å². The maximum Gasteiger partial charge on any atom is 0.246 e. The Labute approximate surface area is 285 Å². The van der Waals surface area contributed by atoms with Gasteiger partial charge in [-0.2, -0.15) is 5.48 Å². The van der Waals surface area contributed by atoms with Gasteiger partial charge in [0.05, 0.1) is 28.8 Å². The molecule has 2 aliphatic rings. The van der Waals surface area contributed by atoms with E-state index in [0.29, 0.717) is 24.6 Å². The molecule has 0 saturated carbocycles. The first-order chi connectivity index (χ1) is 22.0. The van der Waals surface area contributed by atoms with Crippen molar-refractivity contribution in [3.05, 3.63) is 12.7 Å². The van der Waals surface area contributed by atoms with Gasteiger partial charge in [-0.15, -0.1) is 18.3 Å². The van der Waals surface area contributed by atoms with Crippen molar-refractivity contribution in [3.8, 4) is 0 Å². The van der Waals surface area contributed by atoms with Crippen molar-refractivity contribution in [2.75, 3.05) is 19.0 Å². The molecule has 13 nitrogen and oxygen atoms in total. The summed E-state index contributed by atoms with van der Waals surface area (Å²) in [5.41, 5.74) is 8.46. The highest BCUT2D eigenvalue weighted by Gasteiger charge is 2.38. The number of carbonyl (C=O) groups is 4. The molecule has 0 spiro atoms. The molecule has 47 heavy (non-hydrogen) atoms. The molecule has 14 heteroatoms. The van der Waals surface area contributed by atoms with E-state index in [2.05, 4.69) is 41.9 Å². The predicted octanol–water partition coefficient (Wildman–Crippen LogP) is 2.11. The van der Waals surface area contributed by atoms with Gasteiger partial charge in [-0.05, 0) is 57.8 Å². The third kappa shape index (κ3) is 12.6. The van der Waals surface area contributed by atoms with Crippen molar-refractivity contribution in [2.24, 2.45) is 28.5 Å². The van der Waals surface area contributed by atoms with E-state index in [0.717, 1.165) is 24.2 Å². The van der Waals surface area contributed by atoms with Gasteiger partial charge < -0.3 is 30.8 Å². The van der Waals surface area contributed by atoms with E-state index in [9.17, 15) is 19.2 Å². The summed E-state index contributed by atoms with van der Waals surface area (Å²) in [6.45, 7) is 21.7. The van der Waals surface area contributed by atoms with Gasteiger partial charge in [-0.1, -0.05) is 47.6 Å². The Morgan fingerprint density at radius 1 is 1.11 bits per heavy atom. The molecule has 6 N–H and O–H groups in total. The van der Waals surface area contributed by atoms with Crippen molar-refractivity contribution >= 4 is 40.8 Å². The van der Waals surface area contributed by atoms with Crippen LogP contribution in [-0.4, -0.2) is 101 Å². The lowest BCUT2D eigenvalue weighted by atomic mass is 9.99. The zero-order valence-electron chi connectivity index (χ0n) is 29.7. The normalized spacial score (nSPS) is 21.7. The number of likely N-dealkylation sites (tertiary alicyclic amines) is 1. The molecular weight excluding hydrogens is 622 g/mol. The molecule has 0 aromatic heterocycles. The largest absolute Gasteiger partial charge is 0.365 e. The molecule has 1 saturated heterocycles. The SMILES string of the molecule is C=CC(C)(C)OC(C)C(N)NOCNC(CC(C)C)C1=NC(C(=O)NC(C(=O)NC(C(=O)N2CCCC2C=O)C(C)C)C(C)C)CS1. The molecule has 1 fully saturated rings. The average molecular weight is 682 g/mol. The smallest absolute Gasteiger partial charge is 0.246 e. The van der Waals surface area contributed by atoms with Gasteiger partial charge in [0.2, 0.25) is 17.7 Å². The number of aldehydes is 1. The first kappa shape index (κ1) is 40.8. The van der Waals surface area contributed by atoms with Crippen LogP contribution in [0.25, 0.3) is 0 Å². The number of nitrogens with one attached hydrogen (secondary N) is 4. The van der Waals surface area contributed by atoms with Crippen LogP contribution >= 0.6 is 11.8 Å². The maximum atomic E-state index is 13.5. The second-order valence-electron chi connectivity index (χ2n) is 14.1. The highest BCUT2D eigenvalue weighted by molar-refractivity contribution is 8.14. The Morgan fingerprint density at radius 2 is 1.77 bits per heavy atom. The Kier molecular flexibility index (Phi) is 16.5. The quantitative estimate of drug-likeness (QED) is 0.0421. The van der Waals surface area contributed by atoms with Gasteiger partial charge >= 0.3 is 0 Å². The summed E-state index contributed by atoms with van der Waals surface area (Å²) < 4.78 is 5.90. The monoisotopic (exact) mass is 681 g/mol. The summed E-state index contributed by atoms with van der Waals surface area (Å²) in [5.74, 6) is -0.718. The van der Waals surface area contributed by atoms with Crippen LogP contribution < -0.4 is 27.2 Å². The van der Waals surface area contributed by atoms with Crippen LogP contribution in [0.3, 0.4) is 0 Å². The fraction of sp³-hybridized carbons (Fsp3) is 0.788. The Morgan fingerprint density at radius 3 is 2.34 bits per heavy atom. The molecule has 3 amide bonds. The third-order valence-electron chi connectivity index (χ3n) is 8.31. The van der Waals surface area contributed by atoms with Gasteiger partial charge in [0, 0.05) is 12.3 Å². The zero-order chi connectivity index (χ0) is 35.5. The minimum atomic E-state index is -0.863. The molecule has 268 valence electrons. The zero-order valence-corrected chi connectivity index (χ0v) is 30.5. The number of ether oxygens (including phenoxy) is 1. The van der Waals surface area contributed by atoms with Crippen LogP contribution in [0.1, 0.15) is 81.6 Å². The van der Waals surface area contributed by atoms with Crippen LogP contribution in [0.15, 0.2) is 17.6 Å². The second-order valence-corrected chi connectivity index (χ2v) is 15.1. The van der Waals surface area contributed by atoms with Crippen LogP contribution in [0, 0.1) is 17.8 Å². The van der Waals surface area contributed by atoms with Gasteiger partial charge in [-0.25, -0.2) is 0 Å². The number of thioether (sulfide) groups is 1. The molecule has 0 aromatic carbocycles. The molecule has 2 rings (SSSR count). The van der Waals surface area contributed by atoms with E-state index in [1.807, 2.05) is 48.5 Å². The number of amides is 3. The van der Waals surface area contributed by atoms with Crippen LogP contribution in [0.2, 0.25) is 0 Å². The molecule has 7 atom stereocenters. The fourth-order valence-electron chi connectivity index (χ4n) is 5.36. The fourth-order valence-corrected chi connectivity index (χ4v) is 6.50. The molecule has 0 aromatic rings. The van der Waals surface area contributed by atoms with Gasteiger partial charge in [-0.3, -0.25) is 29.5 Å². The topological polar surface area (TPSA) is 176 Å². The van der Waals surface area contributed by atoms with Crippen molar-refractivity contribution in [1.29, 1.82) is 0 Å². The van der Waals surface area contributed by atoms with Crippen molar-refractivity contribution in [1.82, 2.24) is 26.3 Å². The lowest BCUT2D eigenvalue weighted by Gasteiger charge is -2.31. The molecule has 0 aliphatic carbocycles. The number of aliphatic imine (C=N–C) groups is 1. The van der Waals surface area contributed by atoms with E-state index in [4.69, 9.17) is 20.3 Å². The van der Waals surface area contributed by atoms with Crippen LogP contribution in [0.5, 0.6) is 0 Å². The first-order valence-corrected chi connectivity index (χ1v) is 17.7. The molecule has 2 aliphatic heterocycles. The number of hydrogen-bond donors (Lipinski definition) is 5. The van der Waals surface area contributed by atoms with Crippen molar-refractivity contribution in [2.45, 2.75) is 130 Å². The van der Waals surface area contributed by atoms with Gasteiger partial charge in [0.15, 0.2) is 0 Å².